The number of nitrogens with one attached hydrogen (secondary N) is 2. The Bertz CT molecular complexity index is 687. The molecule has 0 radical (unpaired) electrons. The van der Waals surface area contributed by atoms with Gasteiger partial charge < -0.3 is 20.5 Å². The highest BCUT2D eigenvalue weighted by Crippen LogP contribution is 2.22. The van der Waals surface area contributed by atoms with Crippen LogP contribution in [0.25, 0.3) is 10.9 Å². The zero-order chi connectivity index (χ0) is 18.3. The summed E-state index contributed by atoms with van der Waals surface area (Å²) in [5, 5.41) is 19.7. The van der Waals surface area contributed by atoms with Crippen molar-refractivity contribution in [1.82, 2.24) is 10.3 Å². The molecule has 132 valence electrons. The molecule has 24 heavy (non-hydrogen) atoms. The van der Waals surface area contributed by atoms with E-state index in [4.69, 9.17) is 19.8 Å². The van der Waals surface area contributed by atoms with Crippen LogP contribution in [0.2, 0.25) is 0 Å². The number of benzene rings is 1. The molecule has 4 N–H and O–H groups in total. The van der Waals surface area contributed by atoms with Crippen molar-refractivity contribution in [3.8, 4) is 0 Å². The van der Waals surface area contributed by atoms with Crippen LogP contribution in [0.4, 0.5) is 0 Å². The molecule has 1 aromatic carbocycles. The van der Waals surface area contributed by atoms with Crippen molar-refractivity contribution in [2.75, 3.05) is 13.1 Å². The predicted molar refractivity (Wildman–Crippen MR) is 94.3 cm³/mol. The number of carbonyl (C=O) groups is 2. The van der Waals surface area contributed by atoms with Crippen molar-refractivity contribution in [2.45, 2.75) is 34.1 Å². The van der Waals surface area contributed by atoms with Gasteiger partial charge in [0.15, 0.2) is 0 Å². The molecule has 0 atom stereocenters. The first-order valence-corrected chi connectivity index (χ1v) is 7.85. The third-order valence-electron chi connectivity index (χ3n) is 3.42. The number of rotatable bonds is 4. The van der Waals surface area contributed by atoms with Crippen molar-refractivity contribution < 1.29 is 19.8 Å². The van der Waals surface area contributed by atoms with Gasteiger partial charge in [0.25, 0.3) is 0 Å². The van der Waals surface area contributed by atoms with Gasteiger partial charge in [0, 0.05) is 23.1 Å². The van der Waals surface area contributed by atoms with Crippen molar-refractivity contribution in [1.29, 1.82) is 0 Å². The molecule has 0 fully saturated rings. The van der Waals surface area contributed by atoms with Gasteiger partial charge in [0.2, 0.25) is 0 Å². The number of aromatic nitrogens is 1. The Morgan fingerprint density at radius 1 is 1.12 bits per heavy atom. The van der Waals surface area contributed by atoms with Gasteiger partial charge in [-0.3, -0.25) is 0 Å². The van der Waals surface area contributed by atoms with E-state index in [0.717, 1.165) is 19.5 Å². The van der Waals surface area contributed by atoms with Crippen molar-refractivity contribution in [3.63, 3.8) is 0 Å². The van der Waals surface area contributed by atoms with E-state index in [0.29, 0.717) is 5.41 Å². The zero-order valence-corrected chi connectivity index (χ0v) is 14.6. The normalized spacial score (nSPS) is 11.0. The minimum absolute atomic E-state index is 0.356. The van der Waals surface area contributed by atoms with E-state index >= 15 is 0 Å². The quantitative estimate of drug-likeness (QED) is 0.509. The average Bonchev–Trinajstić information content (AvgIpc) is 2.79. The molecule has 1 aromatic heterocycles. The van der Waals surface area contributed by atoms with Gasteiger partial charge in [-0.15, -0.1) is 0 Å². The summed E-state index contributed by atoms with van der Waals surface area (Å²) >= 11 is 0. The molecule has 0 spiro atoms. The lowest BCUT2D eigenvalue weighted by atomic mass is 9.97. The second-order valence-electron chi connectivity index (χ2n) is 6.87. The Morgan fingerprint density at radius 3 is 2.25 bits per heavy atom. The van der Waals surface area contributed by atoms with Gasteiger partial charge in [-0.1, -0.05) is 39.0 Å². The highest BCUT2D eigenvalue weighted by Gasteiger charge is 2.10. The SMILES string of the molecule is Cc1[nH]c2ccccc2c1CCNCC(C)(C)C.O=C(O)C(=O)O. The van der Waals surface area contributed by atoms with Crippen LogP contribution in [0.15, 0.2) is 24.3 Å². The van der Waals surface area contributed by atoms with Crippen LogP contribution in [0, 0.1) is 12.3 Å². The third kappa shape index (κ3) is 6.42. The van der Waals surface area contributed by atoms with E-state index in [1.807, 2.05) is 0 Å². The molecule has 0 saturated carbocycles. The molecule has 2 rings (SSSR count). The molecular formula is C18H26N2O4. The monoisotopic (exact) mass is 334 g/mol. The standard InChI is InChI=1S/C16H24N2.C2H2O4/c1-12-13(9-10-17-11-16(2,3)4)14-7-5-6-8-15(14)18-12;3-1(4)2(5)6/h5-8,17-18H,9-11H2,1-4H3;(H,3,4)(H,5,6). The fourth-order valence-corrected chi connectivity index (χ4v) is 2.33. The van der Waals surface area contributed by atoms with Crippen LogP contribution in [-0.4, -0.2) is 40.2 Å². The minimum atomic E-state index is -1.82. The molecule has 2 aromatic rings. The lowest BCUT2D eigenvalue weighted by Gasteiger charge is -2.18. The van der Waals surface area contributed by atoms with Crippen molar-refractivity contribution >= 4 is 22.8 Å². The summed E-state index contributed by atoms with van der Waals surface area (Å²) in [7, 11) is 0. The molecule has 0 amide bonds. The highest BCUT2D eigenvalue weighted by atomic mass is 16.4. The smallest absolute Gasteiger partial charge is 0.414 e. The highest BCUT2D eigenvalue weighted by molar-refractivity contribution is 6.27. The van der Waals surface area contributed by atoms with Crippen LogP contribution in [0.3, 0.4) is 0 Å². The molecule has 1 heterocycles. The first-order valence-electron chi connectivity index (χ1n) is 7.85. The van der Waals surface area contributed by atoms with Crippen molar-refractivity contribution in [2.24, 2.45) is 5.41 Å². The zero-order valence-electron chi connectivity index (χ0n) is 14.6. The van der Waals surface area contributed by atoms with Gasteiger partial charge in [-0.05, 0) is 36.9 Å². The number of hydrogen-bond acceptors (Lipinski definition) is 3. The molecule has 0 aliphatic rings. The number of aryl methyl sites for hydroxylation is 1. The molecule has 6 nitrogen and oxygen atoms in total. The largest absolute Gasteiger partial charge is 0.473 e. The van der Waals surface area contributed by atoms with Gasteiger partial charge in [-0.2, -0.15) is 0 Å². The Morgan fingerprint density at radius 2 is 1.71 bits per heavy atom. The number of carboxylic acid groups (broad SMARTS) is 2. The average molecular weight is 334 g/mol. The van der Waals surface area contributed by atoms with Gasteiger partial charge in [0.1, 0.15) is 0 Å². The Labute approximate surface area is 141 Å². The van der Waals surface area contributed by atoms with E-state index in [1.165, 1.54) is 22.2 Å². The Kier molecular flexibility index (Phi) is 6.97. The van der Waals surface area contributed by atoms with E-state index in [-0.39, 0.29) is 0 Å². The number of aliphatic carboxylic acids is 2. The molecular weight excluding hydrogens is 308 g/mol. The first-order chi connectivity index (χ1) is 11.1. The molecule has 0 aliphatic carbocycles. The van der Waals surface area contributed by atoms with Crippen molar-refractivity contribution in [3.05, 3.63) is 35.5 Å². The van der Waals surface area contributed by atoms with Gasteiger partial charge in [0.05, 0.1) is 0 Å². The summed E-state index contributed by atoms with van der Waals surface area (Å²) in [5.41, 5.74) is 4.36. The van der Waals surface area contributed by atoms with Gasteiger partial charge in [-0.25, -0.2) is 9.59 Å². The summed E-state index contributed by atoms with van der Waals surface area (Å²) < 4.78 is 0. The maximum Gasteiger partial charge on any atom is 0.414 e. The fourth-order valence-electron chi connectivity index (χ4n) is 2.33. The lowest BCUT2D eigenvalue weighted by Crippen LogP contribution is -2.28. The molecule has 0 unspecified atom stereocenters. The van der Waals surface area contributed by atoms with E-state index in [2.05, 4.69) is 62.3 Å². The number of hydrogen-bond donors (Lipinski definition) is 4. The fraction of sp³-hybridized carbons (Fsp3) is 0.444. The first kappa shape index (κ1) is 19.7. The molecule has 0 aliphatic heterocycles. The second kappa shape index (κ2) is 8.49. The Balaban J connectivity index is 0.000000413. The topological polar surface area (TPSA) is 102 Å². The molecule has 6 heteroatoms. The molecule has 0 bridgehead atoms. The number of H-pyrrole nitrogens is 1. The predicted octanol–water partition coefficient (Wildman–Crippen LogP) is 2.81. The number of aromatic amines is 1. The van der Waals surface area contributed by atoms with Crippen LogP contribution in [0.1, 0.15) is 32.0 Å². The second-order valence-corrected chi connectivity index (χ2v) is 6.87. The van der Waals surface area contributed by atoms with Crippen LogP contribution >= 0.6 is 0 Å². The van der Waals surface area contributed by atoms with Gasteiger partial charge >= 0.3 is 11.9 Å². The van der Waals surface area contributed by atoms with E-state index < -0.39 is 11.9 Å². The summed E-state index contributed by atoms with van der Waals surface area (Å²) in [6.45, 7) is 11.1. The number of fused-ring (bicyclic) bond motifs is 1. The van der Waals surface area contributed by atoms with Crippen LogP contribution in [-0.2, 0) is 16.0 Å². The summed E-state index contributed by atoms with van der Waals surface area (Å²) in [4.78, 5) is 21.7. The maximum atomic E-state index is 9.10. The number of para-hydroxylation sites is 1. The van der Waals surface area contributed by atoms with E-state index in [1.54, 1.807) is 0 Å². The Hall–Kier alpha value is -2.34. The minimum Gasteiger partial charge on any atom is -0.473 e. The number of carboxylic acids is 2. The molecule has 0 saturated heterocycles. The third-order valence-corrected chi connectivity index (χ3v) is 3.42. The van der Waals surface area contributed by atoms with Crippen LogP contribution < -0.4 is 5.32 Å². The summed E-state index contributed by atoms with van der Waals surface area (Å²) in [6.07, 6.45) is 1.09. The summed E-state index contributed by atoms with van der Waals surface area (Å²) in [6, 6.07) is 8.55. The maximum absolute atomic E-state index is 9.10. The lowest BCUT2D eigenvalue weighted by molar-refractivity contribution is -0.159. The van der Waals surface area contributed by atoms with E-state index in [9.17, 15) is 0 Å². The van der Waals surface area contributed by atoms with Crippen LogP contribution in [0.5, 0.6) is 0 Å². The summed E-state index contributed by atoms with van der Waals surface area (Å²) in [5.74, 6) is -3.65.